The van der Waals surface area contributed by atoms with Gasteiger partial charge in [0.05, 0.1) is 5.92 Å². The summed E-state index contributed by atoms with van der Waals surface area (Å²) in [5, 5.41) is 1.02. The van der Waals surface area contributed by atoms with Crippen LogP contribution in [0.15, 0.2) is 59.0 Å². The zero-order valence-corrected chi connectivity index (χ0v) is 24.9. The van der Waals surface area contributed by atoms with E-state index in [4.69, 9.17) is 19.6 Å². The van der Waals surface area contributed by atoms with Crippen LogP contribution in [0.3, 0.4) is 0 Å². The summed E-state index contributed by atoms with van der Waals surface area (Å²) < 4.78 is 18.3. The second-order valence-electron chi connectivity index (χ2n) is 12.2. The summed E-state index contributed by atoms with van der Waals surface area (Å²) in [7, 11) is 0. The monoisotopic (exact) mass is 605 g/mol. The van der Waals surface area contributed by atoms with E-state index >= 15 is 0 Å². The Bertz CT molecular complexity index is 1180. The molecule has 0 saturated heterocycles. The summed E-state index contributed by atoms with van der Waals surface area (Å²) in [4.78, 5) is 13.3. The fourth-order valence-electron chi connectivity index (χ4n) is 4.71. The molecule has 0 aliphatic carbocycles. The lowest BCUT2D eigenvalue weighted by atomic mass is 9.83. The second-order valence-corrected chi connectivity index (χ2v) is 15.0. The van der Waals surface area contributed by atoms with Gasteiger partial charge in [-0.2, -0.15) is 0 Å². The first-order valence-corrected chi connectivity index (χ1v) is 13.5. The van der Waals surface area contributed by atoms with E-state index in [9.17, 15) is 4.79 Å². The predicted molar refractivity (Wildman–Crippen MR) is 156 cm³/mol. The van der Waals surface area contributed by atoms with Gasteiger partial charge in [0.2, 0.25) is 0 Å². The van der Waals surface area contributed by atoms with E-state index in [0.29, 0.717) is 18.6 Å². The van der Waals surface area contributed by atoms with Crippen molar-refractivity contribution in [1.29, 1.82) is 0 Å². The maximum absolute atomic E-state index is 13.3. The minimum atomic E-state index is -0.727. The van der Waals surface area contributed by atoms with Gasteiger partial charge in [-0.05, 0) is 80.0 Å². The van der Waals surface area contributed by atoms with Crippen LogP contribution >= 0.6 is 22.6 Å². The molecular weight excluding hydrogens is 565 g/mol. The lowest BCUT2D eigenvalue weighted by molar-refractivity contribution is -0.167. The van der Waals surface area contributed by atoms with Gasteiger partial charge >= 0.3 is 5.97 Å². The standard InChI is InChI=1S/C30H40INO4/c1-27(2,32)18-23(30(7,8)31)26(33)36-29(5,6)19-28(3,4)35-22-15-14-21-16-24(34-25(21)17-22)20-12-10-9-11-13-20/h9-17,23H,18-19,32H2,1-8H3. The van der Waals surface area contributed by atoms with Gasteiger partial charge in [-0.25, -0.2) is 0 Å². The summed E-state index contributed by atoms with van der Waals surface area (Å²) in [6, 6.07) is 17.9. The highest BCUT2D eigenvalue weighted by molar-refractivity contribution is 14.1. The Hall–Kier alpha value is -2.06. The molecule has 0 fully saturated rings. The zero-order chi connectivity index (χ0) is 26.9. The van der Waals surface area contributed by atoms with Gasteiger partial charge in [-0.1, -0.05) is 52.9 Å². The van der Waals surface area contributed by atoms with Gasteiger partial charge in [0.1, 0.15) is 28.3 Å². The fraction of sp³-hybridized carbons (Fsp3) is 0.500. The number of hydrogen-bond acceptors (Lipinski definition) is 5. The molecule has 2 aromatic carbocycles. The van der Waals surface area contributed by atoms with E-state index in [0.717, 1.165) is 22.3 Å². The number of halogens is 1. The van der Waals surface area contributed by atoms with Crippen LogP contribution in [0.4, 0.5) is 0 Å². The first-order chi connectivity index (χ1) is 16.4. The number of carbonyl (C=O) groups excluding carboxylic acids is 1. The molecule has 0 radical (unpaired) electrons. The van der Waals surface area contributed by atoms with Gasteiger partial charge in [0.15, 0.2) is 0 Å². The Kier molecular flexibility index (Phi) is 8.21. The van der Waals surface area contributed by atoms with Crippen LogP contribution < -0.4 is 10.5 Å². The number of alkyl halides is 1. The molecule has 3 aromatic rings. The van der Waals surface area contributed by atoms with Crippen molar-refractivity contribution < 1.29 is 18.7 Å². The van der Waals surface area contributed by atoms with Crippen molar-refractivity contribution in [3.8, 4) is 17.1 Å². The highest BCUT2D eigenvalue weighted by Crippen LogP contribution is 2.37. The smallest absolute Gasteiger partial charge is 0.310 e. The van der Waals surface area contributed by atoms with E-state index < -0.39 is 16.7 Å². The van der Waals surface area contributed by atoms with E-state index in [1.54, 1.807) is 0 Å². The molecule has 0 amide bonds. The number of furan rings is 1. The lowest BCUT2D eigenvalue weighted by Crippen LogP contribution is -2.46. The highest BCUT2D eigenvalue weighted by atomic mass is 127. The van der Waals surface area contributed by atoms with E-state index in [1.807, 2.05) is 110 Å². The Labute approximate surface area is 229 Å². The van der Waals surface area contributed by atoms with Crippen molar-refractivity contribution in [3.63, 3.8) is 0 Å². The SMILES string of the molecule is CC(C)(N)CC(C(=O)OC(C)(C)CC(C)(C)Oc1ccc2cc(-c3ccccc3)oc2c1)C(C)(C)I. The Morgan fingerprint density at radius 2 is 1.58 bits per heavy atom. The highest BCUT2D eigenvalue weighted by Gasteiger charge is 2.41. The van der Waals surface area contributed by atoms with Crippen LogP contribution in [0.2, 0.25) is 0 Å². The average molecular weight is 606 g/mol. The quantitative estimate of drug-likeness (QED) is 0.144. The normalized spacial score (nSPS) is 14.1. The van der Waals surface area contributed by atoms with Crippen LogP contribution in [-0.2, 0) is 9.53 Å². The van der Waals surface area contributed by atoms with Gasteiger partial charge in [-0.15, -0.1) is 0 Å². The summed E-state index contributed by atoms with van der Waals surface area (Å²) in [5.74, 6) is 0.990. The molecule has 0 aliphatic rings. The van der Waals surface area contributed by atoms with Crippen molar-refractivity contribution >= 4 is 39.5 Å². The fourth-order valence-corrected chi connectivity index (χ4v) is 5.19. The Balaban J connectivity index is 1.72. The predicted octanol–water partition coefficient (Wildman–Crippen LogP) is 7.93. The van der Waals surface area contributed by atoms with Crippen molar-refractivity contribution in [2.75, 3.05) is 0 Å². The molecule has 1 atom stereocenters. The van der Waals surface area contributed by atoms with Crippen molar-refractivity contribution in [2.24, 2.45) is 11.7 Å². The summed E-state index contributed by atoms with van der Waals surface area (Å²) >= 11 is 2.31. The van der Waals surface area contributed by atoms with Crippen LogP contribution in [0.5, 0.6) is 5.75 Å². The molecule has 1 unspecified atom stereocenters. The maximum atomic E-state index is 13.3. The number of benzene rings is 2. The third-order valence-electron chi connectivity index (χ3n) is 6.02. The molecule has 1 aromatic heterocycles. The van der Waals surface area contributed by atoms with E-state index in [1.165, 1.54) is 0 Å². The van der Waals surface area contributed by atoms with Gasteiger partial charge < -0.3 is 19.6 Å². The molecule has 2 N–H and O–H groups in total. The van der Waals surface area contributed by atoms with Crippen molar-refractivity contribution in [2.45, 2.75) is 88.4 Å². The first kappa shape index (κ1) is 28.5. The summed E-state index contributed by atoms with van der Waals surface area (Å²) in [6.07, 6.45) is 1.06. The average Bonchev–Trinajstić information content (AvgIpc) is 3.13. The van der Waals surface area contributed by atoms with Crippen molar-refractivity contribution in [3.05, 3.63) is 54.6 Å². The van der Waals surface area contributed by atoms with Gasteiger partial charge in [-0.3, -0.25) is 4.79 Å². The van der Waals surface area contributed by atoms with Gasteiger partial charge in [0, 0.05) is 32.4 Å². The second kappa shape index (κ2) is 10.4. The molecule has 0 aliphatic heterocycles. The van der Waals surface area contributed by atoms with Crippen LogP contribution in [-0.4, -0.2) is 26.1 Å². The molecule has 5 nitrogen and oxygen atoms in total. The molecule has 0 bridgehead atoms. The number of rotatable bonds is 10. The molecule has 0 spiro atoms. The first-order valence-electron chi connectivity index (χ1n) is 12.4. The molecule has 196 valence electrons. The molecule has 1 heterocycles. The van der Waals surface area contributed by atoms with E-state index in [-0.39, 0.29) is 15.3 Å². The summed E-state index contributed by atoms with van der Waals surface area (Å²) in [6.45, 7) is 15.8. The zero-order valence-electron chi connectivity index (χ0n) is 22.8. The van der Waals surface area contributed by atoms with Crippen LogP contribution in [0.1, 0.15) is 68.2 Å². The molecule has 6 heteroatoms. The minimum Gasteiger partial charge on any atom is -0.488 e. The lowest BCUT2D eigenvalue weighted by Gasteiger charge is -2.38. The molecule has 36 heavy (non-hydrogen) atoms. The van der Waals surface area contributed by atoms with Gasteiger partial charge in [0.25, 0.3) is 0 Å². The topological polar surface area (TPSA) is 74.7 Å². The minimum absolute atomic E-state index is 0.223. The number of hydrogen-bond donors (Lipinski definition) is 1. The largest absolute Gasteiger partial charge is 0.488 e. The summed E-state index contributed by atoms with van der Waals surface area (Å²) in [5.41, 5.74) is 6.27. The van der Waals surface area contributed by atoms with Crippen LogP contribution in [0.25, 0.3) is 22.3 Å². The number of fused-ring (bicyclic) bond motifs is 1. The Morgan fingerprint density at radius 3 is 2.17 bits per heavy atom. The number of ether oxygens (including phenoxy) is 2. The third kappa shape index (κ3) is 7.97. The number of esters is 1. The molecule has 3 rings (SSSR count). The third-order valence-corrected chi connectivity index (χ3v) is 6.77. The van der Waals surface area contributed by atoms with Crippen LogP contribution in [0, 0.1) is 5.92 Å². The Morgan fingerprint density at radius 1 is 0.944 bits per heavy atom. The maximum Gasteiger partial charge on any atom is 0.310 e. The number of carbonyl (C=O) groups is 1. The molecule has 0 saturated carbocycles. The van der Waals surface area contributed by atoms with Crippen molar-refractivity contribution in [1.82, 2.24) is 0 Å². The number of nitrogens with two attached hydrogens (primary N) is 1. The van der Waals surface area contributed by atoms with E-state index in [2.05, 4.69) is 22.6 Å². The molecular formula is C30H40INO4.